The molecule has 1 aliphatic heterocycles. The van der Waals surface area contributed by atoms with E-state index in [9.17, 15) is 18.0 Å². The highest BCUT2D eigenvalue weighted by Gasteiger charge is 2.25. The maximum atomic E-state index is 12.6. The molecule has 0 saturated carbocycles. The molecular formula is C23H24N4O4S2. The Kier molecular flexibility index (Phi) is 7.17. The average molecular weight is 485 g/mol. The molecule has 0 bridgehead atoms. The third-order valence-electron chi connectivity index (χ3n) is 5.49. The van der Waals surface area contributed by atoms with E-state index in [0.717, 1.165) is 4.88 Å². The molecule has 0 spiro atoms. The minimum absolute atomic E-state index is 0.0355. The molecule has 0 unspecified atom stereocenters. The number of amides is 2. The van der Waals surface area contributed by atoms with Crippen molar-refractivity contribution < 1.29 is 18.0 Å². The number of benzene rings is 1. The minimum atomic E-state index is -3.66. The fourth-order valence-electron chi connectivity index (χ4n) is 3.62. The van der Waals surface area contributed by atoms with Crippen molar-refractivity contribution in [2.45, 2.75) is 30.3 Å². The Labute approximate surface area is 196 Å². The minimum Gasteiger partial charge on any atom is -0.349 e. The molecule has 1 saturated heterocycles. The lowest BCUT2D eigenvalue weighted by Gasteiger charge is -2.32. The molecule has 1 aliphatic rings. The fourth-order valence-corrected chi connectivity index (χ4v) is 5.36. The summed E-state index contributed by atoms with van der Waals surface area (Å²) >= 11 is 1.48. The second-order valence-electron chi connectivity index (χ2n) is 7.70. The van der Waals surface area contributed by atoms with Crippen LogP contribution in [0, 0.1) is 0 Å². The van der Waals surface area contributed by atoms with E-state index in [2.05, 4.69) is 15.0 Å². The highest BCUT2D eigenvalue weighted by atomic mass is 32.2. The van der Waals surface area contributed by atoms with Crippen LogP contribution in [0.25, 0.3) is 0 Å². The Morgan fingerprint density at radius 2 is 1.70 bits per heavy atom. The molecule has 172 valence electrons. The quantitative estimate of drug-likeness (QED) is 0.536. The van der Waals surface area contributed by atoms with Gasteiger partial charge in [-0.1, -0.05) is 6.07 Å². The van der Waals surface area contributed by atoms with Crippen molar-refractivity contribution in [3.63, 3.8) is 0 Å². The van der Waals surface area contributed by atoms with E-state index in [4.69, 9.17) is 0 Å². The van der Waals surface area contributed by atoms with Crippen LogP contribution < -0.4 is 10.0 Å². The molecule has 3 aromatic rings. The van der Waals surface area contributed by atoms with Crippen molar-refractivity contribution in [2.24, 2.45) is 0 Å². The number of carbonyl (C=O) groups is 2. The van der Waals surface area contributed by atoms with Crippen LogP contribution in [0.5, 0.6) is 0 Å². The van der Waals surface area contributed by atoms with E-state index >= 15 is 0 Å². The van der Waals surface area contributed by atoms with Crippen molar-refractivity contribution in [1.29, 1.82) is 0 Å². The highest BCUT2D eigenvalue weighted by Crippen LogP contribution is 2.16. The Morgan fingerprint density at radius 3 is 2.33 bits per heavy atom. The summed E-state index contributed by atoms with van der Waals surface area (Å²) < 4.78 is 27.5. The van der Waals surface area contributed by atoms with Gasteiger partial charge in [-0.3, -0.25) is 14.6 Å². The topological polar surface area (TPSA) is 108 Å². The van der Waals surface area contributed by atoms with E-state index in [1.54, 1.807) is 29.4 Å². The van der Waals surface area contributed by atoms with E-state index in [-0.39, 0.29) is 29.3 Å². The zero-order valence-electron chi connectivity index (χ0n) is 17.8. The summed E-state index contributed by atoms with van der Waals surface area (Å²) in [4.78, 5) is 31.9. The molecule has 10 heteroatoms. The first-order valence-electron chi connectivity index (χ1n) is 10.5. The van der Waals surface area contributed by atoms with Gasteiger partial charge < -0.3 is 10.2 Å². The number of aromatic nitrogens is 1. The zero-order chi connectivity index (χ0) is 23.3. The summed E-state index contributed by atoms with van der Waals surface area (Å²) in [5, 5.41) is 4.87. The van der Waals surface area contributed by atoms with Crippen LogP contribution in [-0.2, 0) is 16.6 Å². The number of rotatable bonds is 7. The summed E-state index contributed by atoms with van der Waals surface area (Å²) in [6.45, 7) is 1.34. The summed E-state index contributed by atoms with van der Waals surface area (Å²) in [7, 11) is -3.66. The normalized spacial score (nSPS) is 14.7. The maximum Gasteiger partial charge on any atom is 0.253 e. The Balaban J connectivity index is 1.29. The van der Waals surface area contributed by atoms with Crippen molar-refractivity contribution in [1.82, 2.24) is 19.9 Å². The average Bonchev–Trinajstić information content (AvgIpc) is 3.37. The van der Waals surface area contributed by atoms with E-state index in [1.807, 2.05) is 17.5 Å². The molecule has 33 heavy (non-hydrogen) atoms. The molecule has 2 amide bonds. The molecule has 8 nitrogen and oxygen atoms in total. The van der Waals surface area contributed by atoms with Gasteiger partial charge in [-0.05, 0) is 60.7 Å². The van der Waals surface area contributed by atoms with Gasteiger partial charge in [0.25, 0.3) is 11.8 Å². The van der Waals surface area contributed by atoms with E-state index < -0.39 is 10.0 Å². The number of hydrogen-bond donors (Lipinski definition) is 2. The Hall–Kier alpha value is -3.08. The second-order valence-corrected chi connectivity index (χ2v) is 10.5. The monoisotopic (exact) mass is 484 g/mol. The lowest BCUT2D eigenvalue weighted by atomic mass is 10.0. The summed E-state index contributed by atoms with van der Waals surface area (Å²) in [6, 6.07) is 13.0. The number of hydrogen-bond acceptors (Lipinski definition) is 6. The molecule has 2 N–H and O–H groups in total. The smallest absolute Gasteiger partial charge is 0.253 e. The third kappa shape index (κ3) is 5.84. The molecule has 0 radical (unpaired) electrons. The first kappa shape index (κ1) is 23.1. The van der Waals surface area contributed by atoms with Gasteiger partial charge in [-0.25, -0.2) is 13.1 Å². The number of carbonyl (C=O) groups excluding carboxylic acids is 2. The lowest BCUT2D eigenvalue weighted by Crippen LogP contribution is -2.46. The lowest BCUT2D eigenvalue weighted by molar-refractivity contribution is 0.0698. The van der Waals surface area contributed by atoms with Crippen LogP contribution in [0.15, 0.2) is 71.2 Å². The largest absolute Gasteiger partial charge is 0.349 e. The predicted molar refractivity (Wildman–Crippen MR) is 125 cm³/mol. The molecule has 4 rings (SSSR count). The third-order valence-corrected chi connectivity index (χ3v) is 7.78. The number of pyridine rings is 1. The highest BCUT2D eigenvalue weighted by molar-refractivity contribution is 7.89. The van der Waals surface area contributed by atoms with Gasteiger partial charge in [0.05, 0.1) is 4.90 Å². The maximum absolute atomic E-state index is 12.6. The van der Waals surface area contributed by atoms with Gasteiger partial charge in [0.1, 0.15) is 0 Å². The Morgan fingerprint density at radius 1 is 1.00 bits per heavy atom. The van der Waals surface area contributed by atoms with Crippen molar-refractivity contribution in [3.8, 4) is 0 Å². The van der Waals surface area contributed by atoms with Crippen molar-refractivity contribution >= 4 is 33.2 Å². The van der Waals surface area contributed by atoms with Crippen molar-refractivity contribution in [3.05, 3.63) is 82.3 Å². The number of sulfonamides is 1. The number of thiophene rings is 1. The number of nitrogens with zero attached hydrogens (tertiary/aromatic N) is 2. The first-order valence-corrected chi connectivity index (χ1v) is 12.9. The fraction of sp³-hybridized carbons (Fsp3) is 0.261. The summed E-state index contributed by atoms with van der Waals surface area (Å²) in [5.41, 5.74) is 0.995. The standard InChI is InChI=1S/C23H24N4O4S2/c28-22(26-19-9-13-27(14-10-19)23(29)18-7-11-24-12-8-18)17-3-5-21(6-4-17)33(30,31)25-16-20-2-1-15-32-20/h1-8,11-12,15,19,25H,9-10,13-14,16H2,(H,26,28). The van der Waals surface area contributed by atoms with Gasteiger partial charge in [-0.15, -0.1) is 11.3 Å². The van der Waals surface area contributed by atoms with Crippen LogP contribution in [-0.4, -0.2) is 49.2 Å². The molecule has 3 heterocycles. The van der Waals surface area contributed by atoms with Gasteiger partial charge >= 0.3 is 0 Å². The van der Waals surface area contributed by atoms with Gasteiger partial charge in [0.2, 0.25) is 10.0 Å². The molecule has 1 aromatic carbocycles. The van der Waals surface area contributed by atoms with Crippen LogP contribution in [0.4, 0.5) is 0 Å². The number of nitrogens with one attached hydrogen (secondary N) is 2. The number of likely N-dealkylation sites (tertiary alicyclic amines) is 1. The number of piperidine rings is 1. The molecular weight excluding hydrogens is 460 g/mol. The second kappa shape index (κ2) is 10.2. The molecule has 0 atom stereocenters. The zero-order valence-corrected chi connectivity index (χ0v) is 19.4. The molecule has 0 aliphatic carbocycles. The summed E-state index contributed by atoms with van der Waals surface area (Å²) in [5.74, 6) is -0.295. The van der Waals surface area contributed by atoms with E-state index in [1.165, 1.54) is 35.6 Å². The Bertz CT molecular complexity index is 1190. The van der Waals surface area contributed by atoms with Crippen LogP contribution in [0.3, 0.4) is 0 Å². The summed E-state index contributed by atoms with van der Waals surface area (Å²) in [6.07, 6.45) is 4.50. The van der Waals surface area contributed by atoms with Crippen LogP contribution in [0.2, 0.25) is 0 Å². The van der Waals surface area contributed by atoms with Gasteiger partial charge in [0, 0.05) is 54.1 Å². The predicted octanol–water partition coefficient (Wildman–Crippen LogP) is 2.66. The van der Waals surface area contributed by atoms with Gasteiger partial charge in [-0.2, -0.15) is 0 Å². The van der Waals surface area contributed by atoms with Crippen molar-refractivity contribution in [2.75, 3.05) is 13.1 Å². The first-order chi connectivity index (χ1) is 15.9. The van der Waals surface area contributed by atoms with E-state index in [0.29, 0.717) is 37.1 Å². The van der Waals surface area contributed by atoms with Crippen LogP contribution in [0.1, 0.15) is 38.4 Å². The molecule has 2 aromatic heterocycles. The molecule has 1 fully saturated rings. The van der Waals surface area contributed by atoms with Crippen LogP contribution >= 0.6 is 11.3 Å². The SMILES string of the molecule is O=C(NC1CCN(C(=O)c2ccncc2)CC1)c1ccc(S(=O)(=O)NCc2cccs2)cc1. The van der Waals surface area contributed by atoms with Gasteiger partial charge in [0.15, 0.2) is 0 Å².